The molecule has 2 amide bonds. The quantitative estimate of drug-likeness (QED) is 0.442. The van der Waals surface area contributed by atoms with Crippen LogP contribution >= 0.6 is 0 Å². The number of rotatable bonds is 8. The lowest BCUT2D eigenvalue weighted by Gasteiger charge is -2.59. The standard InChI is InChI=1S/C25H35N3O5S/c1-16-5-2-3-6-20(16)34(32,33)28-25(7-4-8-25)23(31)27-21-18-11-17-12-19(21)15-24(13-17,14-18)22(30)26-9-10-29/h2-3,5-6,17-19,21,28-29H,4,7-15H2,1H3,(H,26,30)(H,27,31). The monoisotopic (exact) mass is 489 g/mol. The zero-order valence-corrected chi connectivity index (χ0v) is 20.5. The normalized spacial score (nSPS) is 33.2. The van der Waals surface area contributed by atoms with Gasteiger partial charge in [0.05, 0.1) is 16.9 Å². The van der Waals surface area contributed by atoms with E-state index in [1.165, 1.54) is 0 Å². The van der Waals surface area contributed by atoms with E-state index in [0.29, 0.717) is 24.3 Å². The van der Waals surface area contributed by atoms with Gasteiger partial charge in [-0.3, -0.25) is 9.59 Å². The molecule has 5 aliphatic rings. The lowest BCUT2D eigenvalue weighted by atomic mass is 9.47. The SMILES string of the molecule is Cc1ccccc1S(=O)(=O)NC1(C(=O)NC2C3CC4CC2CC(C(=O)NCCO)(C4)C3)CCC1. The Labute approximate surface area is 201 Å². The Morgan fingerprint density at radius 1 is 1.06 bits per heavy atom. The number of aliphatic hydroxyl groups is 1. The minimum Gasteiger partial charge on any atom is -0.395 e. The highest BCUT2D eigenvalue weighted by molar-refractivity contribution is 7.89. The van der Waals surface area contributed by atoms with E-state index in [1.54, 1.807) is 31.2 Å². The van der Waals surface area contributed by atoms with Gasteiger partial charge in [0, 0.05) is 12.6 Å². The fourth-order valence-electron chi connectivity index (χ4n) is 7.26. The number of hydrogen-bond donors (Lipinski definition) is 4. The summed E-state index contributed by atoms with van der Waals surface area (Å²) in [5.41, 5.74) is -0.852. The maximum absolute atomic E-state index is 13.5. The average Bonchev–Trinajstić information content (AvgIpc) is 2.76. The summed E-state index contributed by atoms with van der Waals surface area (Å²) in [6.45, 7) is 1.95. The predicted octanol–water partition coefficient (Wildman–Crippen LogP) is 1.62. The van der Waals surface area contributed by atoms with Crippen molar-refractivity contribution in [2.75, 3.05) is 13.2 Å². The van der Waals surface area contributed by atoms with Gasteiger partial charge in [-0.1, -0.05) is 18.2 Å². The molecule has 5 aliphatic carbocycles. The number of carbonyl (C=O) groups is 2. The molecule has 4 bridgehead atoms. The molecule has 1 aromatic carbocycles. The third kappa shape index (κ3) is 3.95. The second-order valence-corrected chi connectivity index (χ2v) is 12.7. The Morgan fingerprint density at radius 2 is 1.74 bits per heavy atom. The Kier molecular flexibility index (Phi) is 6.01. The zero-order valence-electron chi connectivity index (χ0n) is 19.7. The van der Waals surface area contributed by atoms with Gasteiger partial charge in [0.1, 0.15) is 5.54 Å². The molecule has 2 unspecified atom stereocenters. The van der Waals surface area contributed by atoms with Crippen LogP contribution in [0.3, 0.4) is 0 Å². The minimum atomic E-state index is -3.83. The van der Waals surface area contributed by atoms with Crippen molar-refractivity contribution in [3.63, 3.8) is 0 Å². The molecule has 8 nitrogen and oxygen atoms in total. The van der Waals surface area contributed by atoms with Crippen molar-refractivity contribution >= 4 is 21.8 Å². The first-order valence-electron chi connectivity index (χ1n) is 12.5. The first-order valence-corrected chi connectivity index (χ1v) is 14.0. The number of carbonyl (C=O) groups excluding carboxylic acids is 2. The summed E-state index contributed by atoms with van der Waals surface area (Å²) in [5.74, 6) is 0.738. The lowest BCUT2D eigenvalue weighted by Crippen LogP contribution is -2.68. The lowest BCUT2D eigenvalue weighted by molar-refractivity contribution is -0.152. The van der Waals surface area contributed by atoms with Gasteiger partial charge < -0.3 is 15.7 Å². The van der Waals surface area contributed by atoms with E-state index in [9.17, 15) is 18.0 Å². The highest BCUT2D eigenvalue weighted by Crippen LogP contribution is 2.60. The summed E-state index contributed by atoms with van der Waals surface area (Å²) >= 11 is 0. The number of aliphatic hydroxyl groups excluding tert-OH is 1. The second kappa shape index (κ2) is 8.60. The number of aryl methyl sites for hydroxylation is 1. The van der Waals surface area contributed by atoms with Crippen LogP contribution in [0.5, 0.6) is 0 Å². The summed E-state index contributed by atoms with van der Waals surface area (Å²) in [5, 5.41) is 15.2. The van der Waals surface area contributed by atoms with Gasteiger partial charge in [0.25, 0.3) is 0 Å². The molecule has 5 saturated carbocycles. The van der Waals surface area contributed by atoms with Gasteiger partial charge >= 0.3 is 0 Å². The Morgan fingerprint density at radius 3 is 2.32 bits per heavy atom. The van der Waals surface area contributed by atoms with Gasteiger partial charge in [-0.25, -0.2) is 8.42 Å². The van der Waals surface area contributed by atoms with Crippen molar-refractivity contribution in [1.29, 1.82) is 0 Å². The fraction of sp³-hybridized carbons (Fsp3) is 0.680. The molecule has 0 aromatic heterocycles. The molecule has 1 aromatic rings. The highest BCUT2D eigenvalue weighted by Gasteiger charge is 2.59. The number of nitrogens with one attached hydrogen (secondary N) is 3. The van der Waals surface area contributed by atoms with Crippen molar-refractivity contribution in [3.05, 3.63) is 29.8 Å². The van der Waals surface area contributed by atoms with E-state index in [0.717, 1.165) is 38.5 Å². The predicted molar refractivity (Wildman–Crippen MR) is 126 cm³/mol. The molecule has 5 fully saturated rings. The van der Waals surface area contributed by atoms with Crippen molar-refractivity contribution in [3.8, 4) is 0 Å². The van der Waals surface area contributed by atoms with Crippen LogP contribution < -0.4 is 15.4 Å². The molecule has 4 N–H and O–H groups in total. The maximum Gasteiger partial charge on any atom is 0.241 e. The van der Waals surface area contributed by atoms with E-state index < -0.39 is 21.0 Å². The van der Waals surface area contributed by atoms with Crippen LogP contribution in [0.2, 0.25) is 0 Å². The molecule has 0 saturated heterocycles. The molecular weight excluding hydrogens is 454 g/mol. The van der Waals surface area contributed by atoms with Crippen LogP contribution in [-0.2, 0) is 19.6 Å². The molecule has 186 valence electrons. The highest BCUT2D eigenvalue weighted by atomic mass is 32.2. The number of amides is 2. The van der Waals surface area contributed by atoms with E-state index >= 15 is 0 Å². The second-order valence-electron chi connectivity index (χ2n) is 11.0. The Bertz CT molecular complexity index is 1070. The Balaban J connectivity index is 1.31. The molecule has 6 rings (SSSR count). The van der Waals surface area contributed by atoms with Gasteiger partial charge in [0.15, 0.2) is 0 Å². The smallest absolute Gasteiger partial charge is 0.241 e. The summed E-state index contributed by atoms with van der Waals surface area (Å²) in [6.07, 6.45) is 6.14. The average molecular weight is 490 g/mol. The van der Waals surface area contributed by atoms with Gasteiger partial charge in [-0.2, -0.15) is 4.72 Å². The molecule has 0 aliphatic heterocycles. The molecule has 34 heavy (non-hydrogen) atoms. The van der Waals surface area contributed by atoms with Crippen LogP contribution in [0.1, 0.15) is 56.9 Å². The Hall–Kier alpha value is -1.97. The summed E-state index contributed by atoms with van der Waals surface area (Å²) < 4.78 is 29.1. The molecule has 2 atom stereocenters. The largest absolute Gasteiger partial charge is 0.395 e. The van der Waals surface area contributed by atoms with E-state index in [-0.39, 0.29) is 47.7 Å². The minimum absolute atomic E-state index is 0.0248. The molecule has 9 heteroatoms. The zero-order chi connectivity index (χ0) is 24.1. The summed E-state index contributed by atoms with van der Waals surface area (Å²) in [4.78, 5) is 26.7. The van der Waals surface area contributed by atoms with Crippen LogP contribution in [0.15, 0.2) is 29.2 Å². The van der Waals surface area contributed by atoms with E-state index in [4.69, 9.17) is 5.11 Å². The van der Waals surface area contributed by atoms with Crippen molar-refractivity contribution < 1.29 is 23.1 Å². The molecule has 0 radical (unpaired) electrons. The third-order valence-electron chi connectivity index (χ3n) is 8.80. The molecular formula is C25H35N3O5S. The molecule has 0 spiro atoms. The van der Waals surface area contributed by atoms with Gasteiger partial charge in [-0.05, 0) is 87.7 Å². The van der Waals surface area contributed by atoms with Crippen LogP contribution in [0.4, 0.5) is 0 Å². The van der Waals surface area contributed by atoms with Crippen molar-refractivity contribution in [2.24, 2.45) is 23.2 Å². The summed E-state index contributed by atoms with van der Waals surface area (Å²) in [6, 6.07) is 6.78. The van der Waals surface area contributed by atoms with Gasteiger partial charge in [-0.15, -0.1) is 0 Å². The molecule has 0 heterocycles. The van der Waals surface area contributed by atoms with Crippen LogP contribution in [-0.4, -0.2) is 50.1 Å². The van der Waals surface area contributed by atoms with Crippen molar-refractivity contribution in [1.82, 2.24) is 15.4 Å². The number of benzene rings is 1. The number of sulfonamides is 1. The number of hydrogen-bond acceptors (Lipinski definition) is 5. The van der Waals surface area contributed by atoms with Crippen LogP contribution in [0, 0.1) is 30.1 Å². The van der Waals surface area contributed by atoms with E-state index in [2.05, 4.69) is 15.4 Å². The van der Waals surface area contributed by atoms with Gasteiger partial charge in [0.2, 0.25) is 21.8 Å². The maximum atomic E-state index is 13.5. The topological polar surface area (TPSA) is 125 Å². The first kappa shape index (κ1) is 23.8. The van der Waals surface area contributed by atoms with Crippen LogP contribution in [0.25, 0.3) is 0 Å². The van der Waals surface area contributed by atoms with Crippen molar-refractivity contribution in [2.45, 2.75) is 74.8 Å². The van der Waals surface area contributed by atoms with E-state index in [1.807, 2.05) is 0 Å². The fourth-order valence-corrected chi connectivity index (χ4v) is 8.93. The third-order valence-corrected chi connectivity index (χ3v) is 10.5. The first-order chi connectivity index (χ1) is 16.2. The summed E-state index contributed by atoms with van der Waals surface area (Å²) in [7, 11) is -3.83.